The lowest BCUT2D eigenvalue weighted by Crippen LogP contribution is -1.94. The van der Waals surface area contributed by atoms with Crippen LogP contribution in [-0.2, 0) is 0 Å². The van der Waals surface area contributed by atoms with Crippen LogP contribution in [0.4, 0.5) is 10.1 Å². The second-order valence-corrected chi connectivity index (χ2v) is 4.90. The monoisotopic (exact) mass is 297 g/mol. The fourth-order valence-electron chi connectivity index (χ4n) is 1.47. The molecule has 8 heteroatoms. The Bertz CT molecular complexity index is 697. The molecule has 20 heavy (non-hydrogen) atoms. The lowest BCUT2D eigenvalue weighted by atomic mass is 10.2. The number of nitrogens with zero attached hydrogens (tertiary/aromatic N) is 1. The molecular formula is C12H8FNO5S. The number of hydrogen-bond acceptors (Lipinski definition) is 5. The second-order valence-electron chi connectivity index (χ2n) is 3.85. The Morgan fingerprint density at radius 3 is 2.70 bits per heavy atom. The maximum atomic E-state index is 13.4. The predicted octanol–water partition coefficient (Wildman–Crippen LogP) is 3.48. The van der Waals surface area contributed by atoms with Crippen LogP contribution in [0.2, 0.25) is 0 Å². The smallest absolute Gasteiger partial charge is 0.371 e. The van der Waals surface area contributed by atoms with Crippen molar-refractivity contribution in [3.8, 4) is 0 Å². The van der Waals surface area contributed by atoms with Crippen LogP contribution in [0.15, 0.2) is 38.7 Å². The third-order valence-electron chi connectivity index (χ3n) is 2.44. The van der Waals surface area contributed by atoms with Crippen LogP contribution < -0.4 is 0 Å². The number of furan rings is 1. The first kappa shape index (κ1) is 14.1. The first-order valence-electron chi connectivity index (χ1n) is 5.34. The van der Waals surface area contributed by atoms with Gasteiger partial charge in [0.25, 0.3) is 5.69 Å². The SMILES string of the molecule is Cc1cc(Sc2ccc(C(=O)O)o2)c([N+](=O)[O-])cc1F. The predicted molar refractivity (Wildman–Crippen MR) is 67.6 cm³/mol. The zero-order valence-electron chi connectivity index (χ0n) is 10.1. The highest BCUT2D eigenvalue weighted by Crippen LogP contribution is 2.37. The van der Waals surface area contributed by atoms with Gasteiger partial charge in [-0.2, -0.15) is 0 Å². The van der Waals surface area contributed by atoms with Crippen molar-refractivity contribution >= 4 is 23.4 Å². The van der Waals surface area contributed by atoms with Gasteiger partial charge >= 0.3 is 5.97 Å². The van der Waals surface area contributed by atoms with Crippen molar-refractivity contribution < 1.29 is 23.6 Å². The van der Waals surface area contributed by atoms with Gasteiger partial charge in [-0.15, -0.1) is 0 Å². The molecule has 104 valence electrons. The fourth-order valence-corrected chi connectivity index (χ4v) is 2.43. The van der Waals surface area contributed by atoms with Crippen LogP contribution in [0.1, 0.15) is 16.1 Å². The number of carboxylic acids is 1. The summed E-state index contributed by atoms with van der Waals surface area (Å²) in [6, 6.07) is 4.78. The van der Waals surface area contributed by atoms with Gasteiger partial charge in [-0.25, -0.2) is 9.18 Å². The van der Waals surface area contributed by atoms with Gasteiger partial charge < -0.3 is 9.52 Å². The zero-order chi connectivity index (χ0) is 14.9. The average molecular weight is 297 g/mol. The minimum absolute atomic E-state index is 0.177. The van der Waals surface area contributed by atoms with Crippen LogP contribution in [0.5, 0.6) is 0 Å². The highest BCUT2D eigenvalue weighted by Gasteiger charge is 2.20. The molecule has 0 saturated carbocycles. The lowest BCUT2D eigenvalue weighted by molar-refractivity contribution is -0.387. The van der Waals surface area contributed by atoms with E-state index in [1.54, 1.807) is 0 Å². The van der Waals surface area contributed by atoms with Crippen molar-refractivity contribution in [1.82, 2.24) is 0 Å². The number of aryl methyl sites for hydroxylation is 1. The van der Waals surface area contributed by atoms with Crippen molar-refractivity contribution in [1.29, 1.82) is 0 Å². The maximum absolute atomic E-state index is 13.4. The molecule has 0 radical (unpaired) electrons. The highest BCUT2D eigenvalue weighted by atomic mass is 32.2. The third kappa shape index (κ3) is 2.80. The summed E-state index contributed by atoms with van der Waals surface area (Å²) in [4.78, 5) is 21.0. The molecule has 0 bridgehead atoms. The third-order valence-corrected chi connectivity index (χ3v) is 3.41. The minimum Gasteiger partial charge on any atom is -0.475 e. The first-order valence-corrected chi connectivity index (χ1v) is 6.15. The Morgan fingerprint density at radius 1 is 1.45 bits per heavy atom. The average Bonchev–Trinajstić information content (AvgIpc) is 2.82. The quantitative estimate of drug-likeness (QED) is 0.685. The number of nitro groups is 1. The summed E-state index contributed by atoms with van der Waals surface area (Å²) in [6.45, 7) is 1.48. The van der Waals surface area contributed by atoms with Crippen molar-refractivity contribution in [3.63, 3.8) is 0 Å². The molecule has 0 aliphatic heterocycles. The number of carbonyl (C=O) groups is 1. The standard InChI is InChI=1S/C12H8FNO5S/c1-6-4-10(8(14(17)18)5-7(6)13)20-11-3-2-9(19-11)12(15)16/h2-5H,1H3,(H,15,16). The van der Waals surface area contributed by atoms with Crippen LogP contribution in [-0.4, -0.2) is 16.0 Å². The minimum atomic E-state index is -1.23. The van der Waals surface area contributed by atoms with E-state index in [9.17, 15) is 19.3 Å². The molecule has 0 saturated heterocycles. The van der Waals surface area contributed by atoms with E-state index in [1.165, 1.54) is 25.1 Å². The number of carboxylic acid groups (broad SMARTS) is 1. The van der Waals surface area contributed by atoms with Crippen molar-refractivity contribution in [2.24, 2.45) is 0 Å². The molecule has 1 aromatic carbocycles. The number of aromatic carboxylic acids is 1. The number of benzene rings is 1. The van der Waals surface area contributed by atoms with E-state index in [4.69, 9.17) is 9.52 Å². The van der Waals surface area contributed by atoms with Crippen molar-refractivity contribution in [2.45, 2.75) is 16.9 Å². The van der Waals surface area contributed by atoms with Crippen molar-refractivity contribution in [2.75, 3.05) is 0 Å². The molecule has 2 rings (SSSR count). The Hall–Kier alpha value is -2.35. The van der Waals surface area contributed by atoms with Crippen molar-refractivity contribution in [3.05, 3.63) is 51.5 Å². The molecule has 0 unspecified atom stereocenters. The normalized spacial score (nSPS) is 10.5. The Morgan fingerprint density at radius 2 is 2.15 bits per heavy atom. The van der Waals surface area contributed by atoms with E-state index >= 15 is 0 Å². The number of halogens is 1. The molecule has 1 N–H and O–H groups in total. The van der Waals surface area contributed by atoms with Crippen LogP contribution >= 0.6 is 11.8 Å². The van der Waals surface area contributed by atoms with Gasteiger partial charge in [0.2, 0.25) is 5.76 Å². The van der Waals surface area contributed by atoms with Crippen LogP contribution in [0.3, 0.4) is 0 Å². The summed E-state index contributed by atoms with van der Waals surface area (Å²) in [5, 5.41) is 19.8. The number of nitro benzene ring substituents is 1. The molecule has 0 atom stereocenters. The number of hydrogen-bond donors (Lipinski definition) is 1. The van der Waals surface area contributed by atoms with E-state index in [0.717, 1.165) is 17.8 Å². The lowest BCUT2D eigenvalue weighted by Gasteiger charge is -2.03. The summed E-state index contributed by atoms with van der Waals surface area (Å²) in [6.07, 6.45) is 0. The summed E-state index contributed by atoms with van der Waals surface area (Å²) in [7, 11) is 0. The van der Waals surface area contributed by atoms with Gasteiger partial charge in [0.1, 0.15) is 5.82 Å². The van der Waals surface area contributed by atoms with E-state index < -0.39 is 22.4 Å². The van der Waals surface area contributed by atoms with Gasteiger partial charge in [0.05, 0.1) is 15.9 Å². The number of rotatable bonds is 4. The first-order chi connectivity index (χ1) is 9.38. The molecular weight excluding hydrogens is 289 g/mol. The molecule has 0 aliphatic carbocycles. The molecule has 6 nitrogen and oxygen atoms in total. The van der Waals surface area contributed by atoms with E-state index in [-0.39, 0.29) is 21.3 Å². The highest BCUT2D eigenvalue weighted by molar-refractivity contribution is 7.99. The summed E-state index contributed by atoms with van der Waals surface area (Å²) >= 11 is 0.865. The van der Waals surface area contributed by atoms with E-state index in [2.05, 4.69) is 0 Å². The summed E-state index contributed by atoms with van der Waals surface area (Å²) in [5.41, 5.74) is -0.144. The largest absolute Gasteiger partial charge is 0.475 e. The van der Waals surface area contributed by atoms with Gasteiger partial charge in [-0.05, 0) is 42.4 Å². The maximum Gasteiger partial charge on any atom is 0.371 e. The van der Waals surface area contributed by atoms with Crippen LogP contribution in [0, 0.1) is 22.9 Å². The molecule has 0 fully saturated rings. The Balaban J connectivity index is 2.39. The summed E-state index contributed by atoms with van der Waals surface area (Å²) < 4.78 is 18.4. The molecule has 1 heterocycles. The van der Waals surface area contributed by atoms with Gasteiger partial charge in [0, 0.05) is 0 Å². The molecule has 0 aliphatic rings. The fraction of sp³-hybridized carbons (Fsp3) is 0.0833. The summed E-state index contributed by atoms with van der Waals surface area (Å²) in [5.74, 6) is -2.18. The zero-order valence-corrected chi connectivity index (χ0v) is 10.9. The molecule has 2 aromatic rings. The molecule has 0 spiro atoms. The molecule has 1 aromatic heterocycles. The second kappa shape index (κ2) is 5.33. The van der Waals surface area contributed by atoms with E-state index in [0.29, 0.717) is 0 Å². The Kier molecular flexibility index (Phi) is 3.75. The Labute approximate surface area is 116 Å². The van der Waals surface area contributed by atoms with E-state index in [1.807, 2.05) is 0 Å². The van der Waals surface area contributed by atoms with Gasteiger partial charge in [-0.1, -0.05) is 0 Å². The topological polar surface area (TPSA) is 93.6 Å². The van der Waals surface area contributed by atoms with Gasteiger partial charge in [0.15, 0.2) is 5.09 Å². The molecule has 0 amide bonds. The van der Waals surface area contributed by atoms with Crippen LogP contribution in [0.25, 0.3) is 0 Å². The van der Waals surface area contributed by atoms with Gasteiger partial charge in [-0.3, -0.25) is 10.1 Å².